The van der Waals surface area contributed by atoms with Crippen LogP contribution in [0.25, 0.3) is 0 Å². The van der Waals surface area contributed by atoms with Crippen LogP contribution in [0.15, 0.2) is 0 Å². The van der Waals surface area contributed by atoms with E-state index in [1.807, 2.05) is 0 Å². The first-order valence-electron chi connectivity index (χ1n) is 0.565. The van der Waals surface area contributed by atoms with Gasteiger partial charge in [0.1, 0.15) is 0 Å². The van der Waals surface area contributed by atoms with Gasteiger partial charge in [0.25, 0.3) is 5.09 Å². The van der Waals surface area contributed by atoms with Gasteiger partial charge in [-0.2, -0.15) is 0 Å². The first-order chi connectivity index (χ1) is 1.73. The fraction of sp³-hybridized carbons (Fsp3) is 0. The average molecular weight is 195 g/mol. The van der Waals surface area contributed by atoms with E-state index in [1.165, 1.54) is 0 Å². The second-order valence-electron chi connectivity index (χ2n) is 0.238. The zero-order valence-corrected chi connectivity index (χ0v) is 5.78. The van der Waals surface area contributed by atoms with Crippen molar-refractivity contribution >= 4 is 0 Å². The quantitative estimate of drug-likeness (QED) is 0.207. The number of hydrogen-bond donors (Lipinski definition) is 5. The molecule has 0 aromatic heterocycles. The summed E-state index contributed by atoms with van der Waals surface area (Å²) in [7, 11) is 0. The van der Waals surface area contributed by atoms with Crippen molar-refractivity contribution in [3.05, 3.63) is 10.1 Å². The Morgan fingerprint density at radius 3 is 1.11 bits per heavy atom. The molecule has 0 aromatic carbocycles. The van der Waals surface area contributed by atoms with Crippen LogP contribution in [0.1, 0.15) is 0 Å². The van der Waals surface area contributed by atoms with E-state index in [1.54, 1.807) is 0 Å². The van der Waals surface area contributed by atoms with Gasteiger partial charge in [0, 0.05) is 17.1 Å². The maximum absolute atomic E-state index is 8.36. The van der Waals surface area contributed by atoms with E-state index in [9.17, 15) is 0 Å². The van der Waals surface area contributed by atoms with Crippen molar-refractivity contribution in [2.75, 3.05) is 0 Å². The molecular formula is H13CuN5O3. The number of hydrogen-bond acceptors (Lipinski definition) is 6. The minimum Gasteiger partial charge on any atom is -0.344 e. The van der Waals surface area contributed by atoms with Gasteiger partial charge in [0.15, 0.2) is 0 Å². The van der Waals surface area contributed by atoms with Gasteiger partial charge in [0.2, 0.25) is 0 Å². The van der Waals surface area contributed by atoms with Crippen molar-refractivity contribution in [2.24, 2.45) is 0 Å². The molecule has 0 fully saturated rings. The van der Waals surface area contributed by atoms with Crippen LogP contribution in [0.4, 0.5) is 0 Å². The van der Waals surface area contributed by atoms with Gasteiger partial charge >= 0.3 is 0 Å². The summed E-state index contributed by atoms with van der Waals surface area (Å²) in [5.41, 5.74) is 0. The van der Waals surface area contributed by atoms with Crippen LogP contribution in [0.5, 0.6) is 0 Å². The maximum Gasteiger partial charge on any atom is 0.291 e. The Bertz CT molecular complexity index is 35.2. The third-order valence-electron chi connectivity index (χ3n) is 0. The van der Waals surface area contributed by atoms with Crippen LogP contribution in [0.3, 0.4) is 0 Å². The van der Waals surface area contributed by atoms with Gasteiger partial charge in [-0.1, -0.05) is 0 Å². The van der Waals surface area contributed by atoms with Crippen LogP contribution >= 0.6 is 0 Å². The van der Waals surface area contributed by atoms with Gasteiger partial charge in [0.05, 0.1) is 0 Å². The molecule has 67 valence electrons. The molecule has 0 aromatic rings. The van der Waals surface area contributed by atoms with Crippen LogP contribution in [-0.4, -0.2) is 10.3 Å². The van der Waals surface area contributed by atoms with E-state index in [4.69, 9.17) is 15.3 Å². The van der Waals surface area contributed by atoms with Crippen LogP contribution < -0.4 is 24.6 Å². The van der Waals surface area contributed by atoms with E-state index in [0.29, 0.717) is 0 Å². The summed E-state index contributed by atoms with van der Waals surface area (Å²) in [6.07, 6.45) is 0. The second-order valence-corrected chi connectivity index (χ2v) is 0.238. The Morgan fingerprint density at radius 2 is 1.11 bits per heavy atom. The molecule has 0 atom stereocenters. The van der Waals surface area contributed by atoms with Gasteiger partial charge < -0.3 is 29.8 Å². The Morgan fingerprint density at radius 1 is 1.11 bits per heavy atom. The Hall–Kier alpha value is -0.441. The molecule has 0 bridgehead atoms. The minimum atomic E-state index is -1.50. The molecule has 0 unspecified atom stereocenters. The number of nitrogens with zero attached hydrogens (tertiary/aromatic N) is 1. The molecular weight excluding hydrogens is 182 g/mol. The van der Waals surface area contributed by atoms with Crippen LogP contribution in [-0.2, 0) is 17.1 Å². The standard InChI is InChI=1S/Cu.HNO3.4H3N/c;2-1(3)4;;;;/h;(H,2,3,4);4*1H3. The van der Waals surface area contributed by atoms with E-state index >= 15 is 0 Å². The molecule has 0 aliphatic carbocycles. The smallest absolute Gasteiger partial charge is 0.291 e. The normalized spacial score (nSPS) is 2.67. The molecule has 0 heterocycles. The first-order valence-corrected chi connectivity index (χ1v) is 0.565. The molecule has 0 saturated heterocycles. The van der Waals surface area contributed by atoms with E-state index in [-0.39, 0.29) is 41.7 Å². The molecule has 0 saturated carbocycles. The van der Waals surface area contributed by atoms with Crippen molar-refractivity contribution in [2.45, 2.75) is 0 Å². The van der Waals surface area contributed by atoms with Crippen molar-refractivity contribution in [1.82, 2.24) is 24.6 Å². The fourth-order valence-corrected chi connectivity index (χ4v) is 0. The largest absolute Gasteiger partial charge is 0.344 e. The van der Waals surface area contributed by atoms with E-state index < -0.39 is 5.09 Å². The van der Waals surface area contributed by atoms with Crippen molar-refractivity contribution in [3.8, 4) is 0 Å². The molecule has 0 amide bonds. The summed E-state index contributed by atoms with van der Waals surface area (Å²) in [6, 6.07) is 0. The molecule has 0 aliphatic rings. The molecule has 9 heavy (non-hydrogen) atoms. The molecule has 9 heteroatoms. The Kier molecular flexibility index (Phi) is 412. The zero-order chi connectivity index (χ0) is 3.58. The van der Waals surface area contributed by atoms with Gasteiger partial charge in [-0.25, -0.2) is 0 Å². The molecule has 13 N–H and O–H groups in total. The van der Waals surface area contributed by atoms with Crippen LogP contribution in [0.2, 0.25) is 0 Å². The zero-order valence-electron chi connectivity index (χ0n) is 4.84. The van der Waals surface area contributed by atoms with Crippen molar-refractivity contribution in [3.63, 3.8) is 0 Å². The summed E-state index contributed by atoms with van der Waals surface area (Å²) in [5.74, 6) is 0. The summed E-state index contributed by atoms with van der Waals surface area (Å²) in [5, 5.41) is 13.6. The third-order valence-corrected chi connectivity index (χ3v) is 0. The maximum atomic E-state index is 8.36. The monoisotopic (exact) mass is 194 g/mol. The Labute approximate surface area is 62.9 Å². The molecule has 8 nitrogen and oxygen atoms in total. The predicted octanol–water partition coefficient (Wildman–Crippen LogP) is 0.298. The average Bonchev–Trinajstić information content (AvgIpc) is 0.811. The predicted molar refractivity (Wildman–Crippen MR) is 28.9 cm³/mol. The summed E-state index contributed by atoms with van der Waals surface area (Å²) in [6.45, 7) is 0. The fourth-order valence-electron chi connectivity index (χ4n) is 0. The van der Waals surface area contributed by atoms with Crippen molar-refractivity contribution in [1.29, 1.82) is 0 Å². The third kappa shape index (κ3) is 1200. The van der Waals surface area contributed by atoms with Crippen molar-refractivity contribution < 1.29 is 27.4 Å². The summed E-state index contributed by atoms with van der Waals surface area (Å²) < 4.78 is 0. The first kappa shape index (κ1) is 74.7. The Balaban J connectivity index is -0.00000000450. The molecule has 0 rings (SSSR count). The topological polar surface area (TPSA) is 203 Å². The summed E-state index contributed by atoms with van der Waals surface area (Å²) >= 11 is 0. The SMILES string of the molecule is N.N.N.N.O=[N+]([O-])O.[Cu]. The molecule has 1 radical (unpaired) electrons. The van der Waals surface area contributed by atoms with Crippen LogP contribution in [0, 0.1) is 10.1 Å². The van der Waals surface area contributed by atoms with Gasteiger partial charge in [-0.3, -0.25) is 0 Å². The molecule has 0 aliphatic heterocycles. The van der Waals surface area contributed by atoms with E-state index in [2.05, 4.69) is 0 Å². The number of rotatable bonds is 0. The second kappa shape index (κ2) is 49.7. The van der Waals surface area contributed by atoms with E-state index in [0.717, 1.165) is 0 Å². The summed E-state index contributed by atoms with van der Waals surface area (Å²) in [4.78, 5) is 8.36. The van der Waals surface area contributed by atoms with Gasteiger partial charge in [-0.05, 0) is 0 Å². The molecule has 0 spiro atoms. The minimum absolute atomic E-state index is 0. The van der Waals surface area contributed by atoms with Gasteiger partial charge in [-0.15, -0.1) is 10.1 Å².